The number of carboxylic acid groups (broad SMARTS) is 1. The average Bonchev–Trinajstić information content (AvgIpc) is 2.55. The SMILES string of the molecule is CCCCCSc1nc(C)c(C(=O)O)s1. The van der Waals surface area contributed by atoms with E-state index in [9.17, 15) is 4.79 Å². The Balaban J connectivity index is 2.48. The van der Waals surface area contributed by atoms with Gasteiger partial charge in [0.1, 0.15) is 4.88 Å². The number of aromatic nitrogens is 1. The lowest BCUT2D eigenvalue weighted by Crippen LogP contribution is -1.94. The molecule has 1 aromatic heterocycles. The summed E-state index contributed by atoms with van der Waals surface area (Å²) >= 11 is 2.93. The summed E-state index contributed by atoms with van der Waals surface area (Å²) in [5.41, 5.74) is 0.630. The van der Waals surface area contributed by atoms with Crippen LogP contribution in [0.4, 0.5) is 0 Å². The van der Waals surface area contributed by atoms with Gasteiger partial charge in [-0.1, -0.05) is 31.5 Å². The molecule has 0 radical (unpaired) electrons. The predicted octanol–water partition coefficient (Wildman–Crippen LogP) is 3.43. The molecule has 1 N–H and O–H groups in total. The summed E-state index contributed by atoms with van der Waals surface area (Å²) in [6.07, 6.45) is 3.60. The molecule has 0 amide bonds. The predicted molar refractivity (Wildman–Crippen MR) is 64.1 cm³/mol. The summed E-state index contributed by atoms with van der Waals surface area (Å²) in [5.74, 6) is 0.158. The topological polar surface area (TPSA) is 50.2 Å². The highest BCUT2D eigenvalue weighted by Gasteiger charge is 2.13. The molecule has 84 valence electrons. The van der Waals surface area contributed by atoms with E-state index in [4.69, 9.17) is 5.11 Å². The van der Waals surface area contributed by atoms with Crippen LogP contribution in [0.5, 0.6) is 0 Å². The molecule has 0 aliphatic carbocycles. The van der Waals surface area contributed by atoms with Crippen LogP contribution in [0.2, 0.25) is 0 Å². The van der Waals surface area contributed by atoms with E-state index in [2.05, 4.69) is 11.9 Å². The molecule has 0 aliphatic rings. The molecule has 0 aromatic carbocycles. The molecular weight excluding hydrogens is 230 g/mol. The Bertz CT molecular complexity index is 336. The van der Waals surface area contributed by atoms with E-state index in [0.29, 0.717) is 10.6 Å². The van der Waals surface area contributed by atoms with Crippen LogP contribution in [0, 0.1) is 6.92 Å². The fourth-order valence-electron chi connectivity index (χ4n) is 1.14. The summed E-state index contributed by atoms with van der Waals surface area (Å²) in [4.78, 5) is 15.4. The van der Waals surface area contributed by atoms with Crippen LogP contribution in [-0.4, -0.2) is 21.8 Å². The van der Waals surface area contributed by atoms with Crippen molar-refractivity contribution in [3.63, 3.8) is 0 Å². The lowest BCUT2D eigenvalue weighted by molar-refractivity contribution is 0.0701. The summed E-state index contributed by atoms with van der Waals surface area (Å²) < 4.78 is 0.876. The highest BCUT2D eigenvalue weighted by atomic mass is 32.2. The zero-order valence-corrected chi connectivity index (χ0v) is 10.6. The van der Waals surface area contributed by atoms with E-state index in [-0.39, 0.29) is 0 Å². The van der Waals surface area contributed by atoms with E-state index in [1.165, 1.54) is 30.6 Å². The monoisotopic (exact) mass is 245 g/mol. The largest absolute Gasteiger partial charge is 0.477 e. The first-order chi connectivity index (χ1) is 7.15. The molecule has 1 aromatic rings. The van der Waals surface area contributed by atoms with Crippen LogP contribution in [0.3, 0.4) is 0 Å². The molecule has 3 nitrogen and oxygen atoms in total. The van der Waals surface area contributed by atoms with Crippen molar-refractivity contribution in [2.24, 2.45) is 0 Å². The summed E-state index contributed by atoms with van der Waals surface area (Å²) in [6.45, 7) is 3.91. The average molecular weight is 245 g/mol. The molecule has 0 saturated carbocycles. The first kappa shape index (κ1) is 12.5. The highest BCUT2D eigenvalue weighted by molar-refractivity contribution is 8.01. The van der Waals surface area contributed by atoms with E-state index in [0.717, 1.165) is 10.1 Å². The molecule has 5 heteroatoms. The molecule has 15 heavy (non-hydrogen) atoms. The second kappa shape index (κ2) is 6.12. The molecule has 0 spiro atoms. The van der Waals surface area contributed by atoms with Crippen molar-refractivity contribution in [2.45, 2.75) is 37.4 Å². The Morgan fingerprint density at radius 3 is 2.80 bits per heavy atom. The Hall–Kier alpha value is -0.550. The molecule has 0 unspecified atom stereocenters. The number of rotatable bonds is 6. The third-order valence-corrected chi connectivity index (χ3v) is 4.32. The Kier molecular flexibility index (Phi) is 5.11. The number of hydrogen-bond donors (Lipinski definition) is 1. The normalized spacial score (nSPS) is 10.5. The van der Waals surface area contributed by atoms with Gasteiger partial charge in [-0.3, -0.25) is 0 Å². The second-order valence-electron chi connectivity index (χ2n) is 3.26. The van der Waals surface area contributed by atoms with Gasteiger partial charge in [0.05, 0.1) is 5.69 Å². The van der Waals surface area contributed by atoms with Crippen molar-refractivity contribution >= 4 is 29.1 Å². The van der Waals surface area contributed by atoms with Gasteiger partial charge in [0.25, 0.3) is 0 Å². The quantitative estimate of drug-likeness (QED) is 0.616. The minimum atomic E-state index is -0.870. The first-order valence-corrected chi connectivity index (χ1v) is 6.79. The van der Waals surface area contributed by atoms with Crippen molar-refractivity contribution in [1.82, 2.24) is 4.98 Å². The van der Waals surface area contributed by atoms with E-state index >= 15 is 0 Å². The van der Waals surface area contributed by atoms with Gasteiger partial charge >= 0.3 is 5.97 Å². The third-order valence-electron chi connectivity index (χ3n) is 1.94. The maximum absolute atomic E-state index is 10.8. The van der Waals surface area contributed by atoms with Crippen LogP contribution < -0.4 is 0 Å². The van der Waals surface area contributed by atoms with E-state index in [1.54, 1.807) is 18.7 Å². The van der Waals surface area contributed by atoms with Gasteiger partial charge in [-0.15, -0.1) is 11.3 Å². The number of hydrogen-bond acceptors (Lipinski definition) is 4. The van der Waals surface area contributed by atoms with Gasteiger partial charge in [-0.25, -0.2) is 9.78 Å². The van der Waals surface area contributed by atoms with Crippen molar-refractivity contribution in [3.8, 4) is 0 Å². The number of carboxylic acids is 1. The first-order valence-electron chi connectivity index (χ1n) is 4.98. The van der Waals surface area contributed by atoms with Gasteiger partial charge in [-0.2, -0.15) is 0 Å². The molecule has 0 fully saturated rings. The number of unbranched alkanes of at least 4 members (excludes halogenated alkanes) is 2. The highest BCUT2D eigenvalue weighted by Crippen LogP contribution is 2.27. The van der Waals surface area contributed by atoms with Crippen molar-refractivity contribution in [3.05, 3.63) is 10.6 Å². The molecular formula is C10H15NO2S2. The zero-order valence-electron chi connectivity index (χ0n) is 8.95. The smallest absolute Gasteiger partial charge is 0.347 e. The molecule has 0 saturated heterocycles. The summed E-state index contributed by atoms with van der Waals surface area (Å²) in [7, 11) is 0. The minimum absolute atomic E-state index is 0.369. The van der Waals surface area contributed by atoms with Crippen LogP contribution in [0.15, 0.2) is 4.34 Å². The van der Waals surface area contributed by atoms with Crippen LogP contribution in [0.1, 0.15) is 41.6 Å². The third kappa shape index (κ3) is 3.83. The van der Waals surface area contributed by atoms with Gasteiger partial charge in [0.2, 0.25) is 0 Å². The van der Waals surface area contributed by atoms with Gasteiger partial charge in [-0.05, 0) is 13.3 Å². The number of carbonyl (C=O) groups is 1. The summed E-state index contributed by atoms with van der Waals surface area (Å²) in [6, 6.07) is 0. The van der Waals surface area contributed by atoms with Crippen LogP contribution in [0.25, 0.3) is 0 Å². The fraction of sp³-hybridized carbons (Fsp3) is 0.600. The number of aromatic carboxylic acids is 1. The van der Waals surface area contributed by atoms with Gasteiger partial charge in [0, 0.05) is 5.75 Å². The van der Waals surface area contributed by atoms with Gasteiger partial charge in [0.15, 0.2) is 4.34 Å². The minimum Gasteiger partial charge on any atom is -0.477 e. The summed E-state index contributed by atoms with van der Waals surface area (Å²) in [5, 5.41) is 8.85. The van der Waals surface area contributed by atoms with Crippen LogP contribution >= 0.6 is 23.1 Å². The van der Waals surface area contributed by atoms with E-state index < -0.39 is 5.97 Å². The van der Waals surface area contributed by atoms with Crippen LogP contribution in [-0.2, 0) is 0 Å². The Morgan fingerprint density at radius 2 is 2.27 bits per heavy atom. The van der Waals surface area contributed by atoms with Gasteiger partial charge < -0.3 is 5.11 Å². The van der Waals surface area contributed by atoms with Crippen molar-refractivity contribution < 1.29 is 9.90 Å². The number of aryl methyl sites for hydroxylation is 1. The molecule has 0 atom stereocenters. The zero-order chi connectivity index (χ0) is 11.3. The maximum atomic E-state index is 10.8. The number of thiazole rings is 1. The number of nitrogens with zero attached hydrogens (tertiary/aromatic N) is 1. The lowest BCUT2D eigenvalue weighted by atomic mass is 10.3. The molecule has 1 rings (SSSR count). The molecule has 1 heterocycles. The maximum Gasteiger partial charge on any atom is 0.347 e. The van der Waals surface area contributed by atoms with Crippen molar-refractivity contribution in [2.75, 3.05) is 5.75 Å². The lowest BCUT2D eigenvalue weighted by Gasteiger charge is -1.95. The number of thioether (sulfide) groups is 1. The molecule has 0 aliphatic heterocycles. The molecule has 0 bridgehead atoms. The van der Waals surface area contributed by atoms with E-state index in [1.807, 2.05) is 0 Å². The standard InChI is InChI=1S/C10H15NO2S2/c1-3-4-5-6-14-10-11-7(2)8(15-10)9(12)13/h3-6H2,1-2H3,(H,12,13). The van der Waals surface area contributed by atoms with Crippen molar-refractivity contribution in [1.29, 1.82) is 0 Å². The Morgan fingerprint density at radius 1 is 1.53 bits per heavy atom. The Labute approximate surface area is 97.9 Å². The fourth-order valence-corrected chi connectivity index (χ4v) is 3.24. The second-order valence-corrected chi connectivity index (χ2v) is 5.60.